The van der Waals surface area contributed by atoms with Gasteiger partial charge in [0.2, 0.25) is 0 Å². The molecule has 6 heteroatoms. The number of carbonyl (C=O) groups excluding carboxylic acids is 1. The van der Waals surface area contributed by atoms with Crippen LogP contribution in [-0.4, -0.2) is 52.4 Å². The van der Waals surface area contributed by atoms with Gasteiger partial charge in [0, 0.05) is 18.5 Å². The third-order valence-electron chi connectivity index (χ3n) is 5.24. The van der Waals surface area contributed by atoms with Crippen LogP contribution in [0.4, 0.5) is 0 Å². The van der Waals surface area contributed by atoms with Crippen LogP contribution in [0.25, 0.3) is 0 Å². The van der Waals surface area contributed by atoms with Crippen molar-refractivity contribution in [2.24, 2.45) is 0 Å². The molecule has 1 saturated heterocycles. The largest absolute Gasteiger partial charge is 0.371 e. The Bertz CT molecular complexity index is 593. The Kier molecular flexibility index (Phi) is 3.27. The van der Waals surface area contributed by atoms with E-state index >= 15 is 0 Å². The first-order valence-corrected chi connectivity index (χ1v) is 8.24. The van der Waals surface area contributed by atoms with Crippen molar-refractivity contribution in [1.29, 1.82) is 0 Å². The van der Waals surface area contributed by atoms with E-state index in [9.17, 15) is 4.79 Å². The Hall–Kier alpha value is -1.40. The van der Waals surface area contributed by atoms with Crippen LogP contribution in [0.5, 0.6) is 0 Å². The van der Waals surface area contributed by atoms with E-state index in [-0.39, 0.29) is 23.7 Å². The number of aromatic amines is 1. The smallest absolute Gasteiger partial charge is 0.274 e. The second kappa shape index (κ2) is 5.06. The van der Waals surface area contributed by atoms with Crippen molar-refractivity contribution in [3.05, 3.63) is 17.0 Å². The molecule has 6 nitrogen and oxygen atoms in total. The number of H-pyrrole nitrogens is 1. The highest BCUT2D eigenvalue weighted by Crippen LogP contribution is 2.39. The predicted molar refractivity (Wildman–Crippen MR) is 79.7 cm³/mol. The molecule has 2 atom stereocenters. The van der Waals surface area contributed by atoms with E-state index in [4.69, 9.17) is 9.47 Å². The van der Waals surface area contributed by atoms with E-state index < -0.39 is 0 Å². The number of morpholine rings is 1. The summed E-state index contributed by atoms with van der Waals surface area (Å²) in [7, 11) is 0. The summed E-state index contributed by atoms with van der Waals surface area (Å²) in [4.78, 5) is 14.8. The van der Waals surface area contributed by atoms with Gasteiger partial charge in [0.1, 0.15) is 0 Å². The number of ether oxygens (including phenoxy) is 2. The first kappa shape index (κ1) is 14.2. The Morgan fingerprint density at radius 2 is 2.23 bits per heavy atom. The first-order valence-electron chi connectivity index (χ1n) is 8.24. The zero-order valence-electron chi connectivity index (χ0n) is 13.2. The minimum Gasteiger partial charge on any atom is -0.371 e. The van der Waals surface area contributed by atoms with Crippen molar-refractivity contribution in [3.63, 3.8) is 0 Å². The molecule has 2 fully saturated rings. The minimum atomic E-state index is -0.0754. The number of hydrogen-bond acceptors (Lipinski definition) is 4. The number of rotatable bonds is 1. The van der Waals surface area contributed by atoms with Crippen molar-refractivity contribution in [3.8, 4) is 0 Å². The summed E-state index contributed by atoms with van der Waals surface area (Å²) in [5, 5.41) is 7.32. The van der Waals surface area contributed by atoms with Gasteiger partial charge < -0.3 is 14.4 Å². The number of aromatic nitrogens is 2. The van der Waals surface area contributed by atoms with E-state index in [0.29, 0.717) is 25.4 Å². The molecule has 1 aliphatic carbocycles. The molecule has 1 saturated carbocycles. The van der Waals surface area contributed by atoms with Crippen LogP contribution in [0, 0.1) is 0 Å². The molecular weight excluding hydrogens is 282 g/mol. The quantitative estimate of drug-likeness (QED) is 0.859. The highest BCUT2D eigenvalue weighted by Gasteiger charge is 2.44. The number of nitrogens with one attached hydrogen (secondary N) is 1. The van der Waals surface area contributed by atoms with Crippen molar-refractivity contribution in [2.45, 2.75) is 57.3 Å². The van der Waals surface area contributed by atoms with Crippen LogP contribution in [0.15, 0.2) is 0 Å². The van der Waals surface area contributed by atoms with Crippen LogP contribution in [-0.2, 0) is 15.9 Å². The molecule has 3 heterocycles. The van der Waals surface area contributed by atoms with Crippen LogP contribution in [0.3, 0.4) is 0 Å². The highest BCUT2D eigenvalue weighted by atomic mass is 16.5. The van der Waals surface area contributed by atoms with Crippen LogP contribution < -0.4 is 0 Å². The SMILES string of the molecule is C[C@@H]1Cc2c(C(=O)N3CCOC4(CCC4)C3)n[nH]c2[C@H](C)O1. The fourth-order valence-corrected chi connectivity index (χ4v) is 3.89. The van der Waals surface area contributed by atoms with Gasteiger partial charge in [-0.2, -0.15) is 5.10 Å². The summed E-state index contributed by atoms with van der Waals surface area (Å²) < 4.78 is 11.7. The Balaban J connectivity index is 1.58. The molecule has 4 rings (SSSR count). The number of hydrogen-bond donors (Lipinski definition) is 1. The standard InChI is InChI=1S/C16H23N3O3/c1-10-8-12-13(11(2)22-10)17-18-14(12)15(20)19-6-7-21-16(9-19)4-3-5-16/h10-11H,3-9H2,1-2H3,(H,17,18)/t10-,11+/m1/s1. The Morgan fingerprint density at radius 1 is 1.41 bits per heavy atom. The monoisotopic (exact) mass is 305 g/mol. The van der Waals surface area contributed by atoms with Gasteiger partial charge in [0.05, 0.1) is 36.7 Å². The lowest BCUT2D eigenvalue weighted by atomic mass is 9.79. The average molecular weight is 305 g/mol. The molecule has 0 radical (unpaired) electrons. The van der Waals surface area contributed by atoms with E-state index in [2.05, 4.69) is 10.2 Å². The molecule has 1 spiro atoms. The van der Waals surface area contributed by atoms with Gasteiger partial charge in [-0.25, -0.2) is 0 Å². The lowest BCUT2D eigenvalue weighted by Gasteiger charge is -2.48. The molecule has 120 valence electrons. The third-order valence-corrected chi connectivity index (χ3v) is 5.24. The van der Waals surface area contributed by atoms with E-state index in [1.165, 1.54) is 6.42 Å². The number of fused-ring (bicyclic) bond motifs is 1. The zero-order chi connectivity index (χ0) is 15.3. The number of nitrogens with zero attached hydrogens (tertiary/aromatic N) is 2. The third kappa shape index (κ3) is 2.16. The summed E-state index contributed by atoms with van der Waals surface area (Å²) in [5.41, 5.74) is 2.49. The molecule has 1 aromatic rings. The molecule has 0 aromatic carbocycles. The minimum absolute atomic E-state index is 0.0320. The fourth-order valence-electron chi connectivity index (χ4n) is 3.89. The van der Waals surface area contributed by atoms with Gasteiger partial charge in [0.25, 0.3) is 5.91 Å². The molecule has 1 amide bonds. The molecule has 3 aliphatic rings. The van der Waals surface area contributed by atoms with Gasteiger partial charge >= 0.3 is 0 Å². The lowest BCUT2D eigenvalue weighted by Crippen LogP contribution is -2.57. The van der Waals surface area contributed by atoms with Crippen LogP contribution in [0.2, 0.25) is 0 Å². The average Bonchev–Trinajstić information content (AvgIpc) is 2.89. The molecular formula is C16H23N3O3. The zero-order valence-corrected chi connectivity index (χ0v) is 13.2. The molecule has 0 unspecified atom stereocenters. The molecule has 2 aliphatic heterocycles. The highest BCUT2D eigenvalue weighted by molar-refractivity contribution is 5.94. The molecule has 1 N–H and O–H groups in total. The van der Waals surface area contributed by atoms with Gasteiger partial charge in [-0.1, -0.05) is 0 Å². The Labute approximate surface area is 130 Å². The predicted octanol–water partition coefficient (Wildman–Crippen LogP) is 1.83. The fraction of sp³-hybridized carbons (Fsp3) is 0.750. The van der Waals surface area contributed by atoms with Crippen molar-refractivity contribution in [2.75, 3.05) is 19.7 Å². The lowest BCUT2D eigenvalue weighted by molar-refractivity contribution is -0.142. The molecule has 0 bridgehead atoms. The normalized spacial score (nSPS) is 30.0. The number of amides is 1. The summed E-state index contributed by atoms with van der Waals surface area (Å²) >= 11 is 0. The second-order valence-corrected chi connectivity index (χ2v) is 6.87. The van der Waals surface area contributed by atoms with E-state index in [1.54, 1.807) is 0 Å². The van der Waals surface area contributed by atoms with Crippen molar-refractivity contribution < 1.29 is 14.3 Å². The summed E-state index contributed by atoms with van der Waals surface area (Å²) in [6, 6.07) is 0. The van der Waals surface area contributed by atoms with E-state index in [1.807, 2.05) is 18.7 Å². The van der Waals surface area contributed by atoms with E-state index in [0.717, 1.165) is 30.5 Å². The summed E-state index contributed by atoms with van der Waals surface area (Å²) in [5.74, 6) is 0.0355. The summed E-state index contributed by atoms with van der Waals surface area (Å²) in [6.07, 6.45) is 4.16. The maximum atomic E-state index is 12.9. The first-order chi connectivity index (χ1) is 10.6. The van der Waals surface area contributed by atoms with Gasteiger partial charge in [-0.05, 0) is 33.1 Å². The number of carbonyl (C=O) groups is 1. The second-order valence-electron chi connectivity index (χ2n) is 6.87. The maximum absolute atomic E-state index is 12.9. The topological polar surface area (TPSA) is 67.5 Å². The molecule has 1 aromatic heterocycles. The van der Waals surface area contributed by atoms with Gasteiger partial charge in [-0.15, -0.1) is 0 Å². The van der Waals surface area contributed by atoms with Gasteiger partial charge in [0.15, 0.2) is 5.69 Å². The van der Waals surface area contributed by atoms with Crippen LogP contribution >= 0.6 is 0 Å². The summed E-state index contributed by atoms with van der Waals surface area (Å²) in [6.45, 7) is 6.03. The molecule has 22 heavy (non-hydrogen) atoms. The van der Waals surface area contributed by atoms with Crippen molar-refractivity contribution >= 4 is 5.91 Å². The maximum Gasteiger partial charge on any atom is 0.274 e. The van der Waals surface area contributed by atoms with Crippen molar-refractivity contribution in [1.82, 2.24) is 15.1 Å². The van der Waals surface area contributed by atoms with Gasteiger partial charge in [-0.3, -0.25) is 9.89 Å². The van der Waals surface area contributed by atoms with Crippen LogP contribution in [0.1, 0.15) is 61.0 Å². The Morgan fingerprint density at radius 3 is 2.95 bits per heavy atom.